The van der Waals surface area contributed by atoms with Gasteiger partial charge in [-0.05, 0) is 34.1 Å². The fourth-order valence-corrected chi connectivity index (χ4v) is 2.24. The molecule has 0 aliphatic carbocycles. The Bertz CT molecular complexity index is 608. The average molecular weight is 358 g/mol. The summed E-state index contributed by atoms with van der Waals surface area (Å²) < 4.78 is 35.2. The lowest BCUT2D eigenvalue weighted by atomic mass is 10.2. The second kappa shape index (κ2) is 7.26. The van der Waals surface area contributed by atoms with Crippen LogP contribution in [0.3, 0.4) is 0 Å². The van der Waals surface area contributed by atoms with Crippen molar-refractivity contribution in [3.05, 3.63) is 52.5 Å². The number of alkyl halides is 2. The normalized spacial score (nSPS) is 10.5. The monoisotopic (exact) mass is 357 g/mol. The summed E-state index contributed by atoms with van der Waals surface area (Å²) in [7, 11) is 1.58. The van der Waals surface area contributed by atoms with Crippen LogP contribution >= 0.6 is 15.9 Å². The van der Waals surface area contributed by atoms with E-state index in [2.05, 4.69) is 26.0 Å². The first-order chi connectivity index (χ1) is 10.1. The standard InChI is InChI=1S/C15H14BrF2NO2/c1-20-14-8-11(6-7-12(14)16)19-9-10-4-2-3-5-13(10)21-15(17)18/h2-8,15,19H,9H2,1H3. The number of methoxy groups -OCH3 is 1. The van der Waals surface area contributed by atoms with E-state index in [4.69, 9.17) is 4.74 Å². The van der Waals surface area contributed by atoms with Crippen LogP contribution in [0.1, 0.15) is 5.56 Å². The number of hydrogen-bond acceptors (Lipinski definition) is 3. The topological polar surface area (TPSA) is 30.5 Å². The molecule has 2 aromatic carbocycles. The Kier molecular flexibility index (Phi) is 5.38. The zero-order chi connectivity index (χ0) is 15.2. The molecule has 21 heavy (non-hydrogen) atoms. The molecule has 0 unspecified atom stereocenters. The molecule has 1 N–H and O–H groups in total. The first kappa shape index (κ1) is 15.6. The maximum atomic E-state index is 12.3. The summed E-state index contributed by atoms with van der Waals surface area (Å²) in [5.74, 6) is 0.862. The molecule has 0 bridgehead atoms. The summed E-state index contributed by atoms with van der Waals surface area (Å²) in [5, 5.41) is 3.15. The van der Waals surface area contributed by atoms with E-state index in [-0.39, 0.29) is 5.75 Å². The van der Waals surface area contributed by atoms with Crippen molar-refractivity contribution in [2.24, 2.45) is 0 Å². The number of nitrogens with one attached hydrogen (secondary N) is 1. The van der Waals surface area contributed by atoms with Crippen molar-refractivity contribution in [3.63, 3.8) is 0 Å². The van der Waals surface area contributed by atoms with Gasteiger partial charge in [-0.25, -0.2) is 0 Å². The van der Waals surface area contributed by atoms with Crippen molar-refractivity contribution < 1.29 is 18.3 Å². The molecule has 0 saturated carbocycles. The van der Waals surface area contributed by atoms with Gasteiger partial charge in [0.15, 0.2) is 0 Å². The van der Waals surface area contributed by atoms with E-state index in [1.165, 1.54) is 6.07 Å². The van der Waals surface area contributed by atoms with E-state index >= 15 is 0 Å². The summed E-state index contributed by atoms with van der Waals surface area (Å²) >= 11 is 3.37. The summed E-state index contributed by atoms with van der Waals surface area (Å²) in [4.78, 5) is 0. The number of benzene rings is 2. The second-order valence-corrected chi connectivity index (χ2v) is 5.04. The van der Waals surface area contributed by atoms with E-state index in [1.54, 1.807) is 25.3 Å². The van der Waals surface area contributed by atoms with Gasteiger partial charge in [0.1, 0.15) is 11.5 Å². The van der Waals surface area contributed by atoms with Gasteiger partial charge in [0.05, 0.1) is 11.6 Å². The molecule has 2 rings (SSSR count). The summed E-state index contributed by atoms with van der Waals surface area (Å²) in [6.45, 7) is -2.47. The number of anilines is 1. The molecule has 3 nitrogen and oxygen atoms in total. The predicted octanol–water partition coefficient (Wildman–Crippen LogP) is 4.67. The van der Waals surface area contributed by atoms with Gasteiger partial charge in [-0.1, -0.05) is 18.2 Å². The fraction of sp³-hybridized carbons (Fsp3) is 0.200. The SMILES string of the molecule is COc1cc(NCc2ccccc2OC(F)F)ccc1Br. The Morgan fingerprint density at radius 1 is 1.14 bits per heavy atom. The van der Waals surface area contributed by atoms with E-state index < -0.39 is 6.61 Å². The molecule has 0 amide bonds. The number of ether oxygens (including phenoxy) is 2. The van der Waals surface area contributed by atoms with Crippen LogP contribution in [0.25, 0.3) is 0 Å². The van der Waals surface area contributed by atoms with Crippen LogP contribution in [0, 0.1) is 0 Å². The third kappa shape index (κ3) is 4.32. The molecule has 0 radical (unpaired) electrons. The van der Waals surface area contributed by atoms with E-state index in [9.17, 15) is 8.78 Å². The molecule has 112 valence electrons. The van der Waals surface area contributed by atoms with E-state index in [1.807, 2.05) is 18.2 Å². The van der Waals surface area contributed by atoms with Gasteiger partial charge in [0.25, 0.3) is 0 Å². The maximum absolute atomic E-state index is 12.3. The van der Waals surface area contributed by atoms with Crippen molar-refractivity contribution >= 4 is 21.6 Å². The largest absolute Gasteiger partial charge is 0.495 e. The van der Waals surface area contributed by atoms with Crippen molar-refractivity contribution in [2.75, 3.05) is 12.4 Å². The highest BCUT2D eigenvalue weighted by Crippen LogP contribution is 2.28. The molecule has 0 spiro atoms. The van der Waals surface area contributed by atoms with Crippen molar-refractivity contribution in [1.82, 2.24) is 0 Å². The molecule has 2 aromatic rings. The van der Waals surface area contributed by atoms with Crippen LogP contribution in [-0.2, 0) is 6.54 Å². The molecule has 0 atom stereocenters. The van der Waals surface area contributed by atoms with Crippen LogP contribution in [0.5, 0.6) is 11.5 Å². The van der Waals surface area contributed by atoms with Crippen LogP contribution in [0.15, 0.2) is 46.9 Å². The Balaban J connectivity index is 2.09. The van der Waals surface area contributed by atoms with Crippen molar-refractivity contribution in [3.8, 4) is 11.5 Å². The van der Waals surface area contributed by atoms with E-state index in [0.717, 1.165) is 10.2 Å². The van der Waals surface area contributed by atoms with Gasteiger partial charge in [0.2, 0.25) is 0 Å². The highest BCUT2D eigenvalue weighted by molar-refractivity contribution is 9.10. The predicted molar refractivity (Wildman–Crippen MR) is 81.1 cm³/mol. The zero-order valence-electron chi connectivity index (χ0n) is 11.3. The highest BCUT2D eigenvalue weighted by atomic mass is 79.9. The third-order valence-electron chi connectivity index (χ3n) is 2.82. The molecule has 0 aromatic heterocycles. The minimum absolute atomic E-state index is 0.170. The quantitative estimate of drug-likeness (QED) is 0.814. The molecule has 6 heteroatoms. The number of halogens is 3. The maximum Gasteiger partial charge on any atom is 0.387 e. The van der Waals surface area contributed by atoms with Crippen LogP contribution in [0.4, 0.5) is 14.5 Å². The first-order valence-electron chi connectivity index (χ1n) is 6.20. The fourth-order valence-electron chi connectivity index (χ4n) is 1.83. The Hall–Kier alpha value is -1.82. The lowest BCUT2D eigenvalue weighted by molar-refractivity contribution is -0.0504. The van der Waals surface area contributed by atoms with Gasteiger partial charge < -0.3 is 14.8 Å². The zero-order valence-corrected chi connectivity index (χ0v) is 12.9. The van der Waals surface area contributed by atoms with Crippen LogP contribution in [0.2, 0.25) is 0 Å². The summed E-state index contributed by atoms with van der Waals surface area (Å²) in [5.41, 5.74) is 1.47. The van der Waals surface area contributed by atoms with Gasteiger partial charge in [-0.15, -0.1) is 0 Å². The third-order valence-corrected chi connectivity index (χ3v) is 3.48. The van der Waals surface area contributed by atoms with E-state index in [0.29, 0.717) is 17.9 Å². The lowest BCUT2D eigenvalue weighted by Crippen LogP contribution is -2.07. The molecule has 0 aliphatic rings. The van der Waals surface area contributed by atoms with Gasteiger partial charge >= 0.3 is 6.61 Å². The number of para-hydroxylation sites is 1. The minimum Gasteiger partial charge on any atom is -0.495 e. The highest BCUT2D eigenvalue weighted by Gasteiger charge is 2.09. The first-order valence-corrected chi connectivity index (χ1v) is 6.99. The van der Waals surface area contributed by atoms with Gasteiger partial charge in [-0.2, -0.15) is 8.78 Å². The Labute approximate surface area is 130 Å². The smallest absolute Gasteiger partial charge is 0.387 e. The summed E-state index contributed by atoms with van der Waals surface area (Å²) in [6.07, 6.45) is 0. The molecular formula is C15H14BrF2NO2. The van der Waals surface area contributed by atoms with Crippen LogP contribution in [-0.4, -0.2) is 13.7 Å². The van der Waals surface area contributed by atoms with Gasteiger partial charge in [-0.3, -0.25) is 0 Å². The Morgan fingerprint density at radius 3 is 2.62 bits per heavy atom. The lowest BCUT2D eigenvalue weighted by Gasteiger charge is -2.13. The van der Waals surface area contributed by atoms with Crippen molar-refractivity contribution in [2.45, 2.75) is 13.2 Å². The minimum atomic E-state index is -2.83. The van der Waals surface area contributed by atoms with Gasteiger partial charge in [0, 0.05) is 23.9 Å². The van der Waals surface area contributed by atoms with Crippen LogP contribution < -0.4 is 14.8 Å². The van der Waals surface area contributed by atoms with Crippen molar-refractivity contribution in [1.29, 1.82) is 0 Å². The molecular weight excluding hydrogens is 344 g/mol. The second-order valence-electron chi connectivity index (χ2n) is 4.19. The summed E-state index contributed by atoms with van der Waals surface area (Å²) in [6, 6.07) is 12.2. The molecule has 0 aliphatic heterocycles. The Morgan fingerprint density at radius 2 is 1.90 bits per heavy atom. The number of hydrogen-bond donors (Lipinski definition) is 1. The molecule has 0 saturated heterocycles. The molecule has 0 heterocycles. The average Bonchev–Trinajstić information content (AvgIpc) is 2.47. The number of rotatable bonds is 6. The molecule has 0 fully saturated rings.